The first-order chi connectivity index (χ1) is 7.70. The molecule has 86 valence electrons. The summed E-state index contributed by atoms with van der Waals surface area (Å²) in [7, 11) is 0. The normalized spacial score (nSPS) is 20.7. The Balaban J connectivity index is 2.22. The molecule has 0 amide bonds. The second kappa shape index (κ2) is 4.97. The fraction of sp³-hybridized carbons (Fsp3) is 0.417. The molecule has 0 radical (unpaired) electrons. The summed E-state index contributed by atoms with van der Waals surface area (Å²) < 4.78 is 6.23. The summed E-state index contributed by atoms with van der Waals surface area (Å²) >= 11 is 3.32. The average molecular weight is 284 g/mol. The maximum absolute atomic E-state index is 12.1. The molecule has 1 unspecified atom stereocenters. The number of benzene rings is 1. The molecular weight excluding hydrogens is 270 g/mol. The molecule has 2 N–H and O–H groups in total. The largest absolute Gasteiger partial charge is 0.397 e. The Hall–Kier alpha value is -0.870. The molecule has 1 aromatic carbocycles. The first-order valence-corrected chi connectivity index (χ1v) is 6.19. The van der Waals surface area contributed by atoms with Gasteiger partial charge in [0.2, 0.25) is 0 Å². The highest BCUT2D eigenvalue weighted by molar-refractivity contribution is 9.10. The highest BCUT2D eigenvalue weighted by Gasteiger charge is 2.24. The zero-order chi connectivity index (χ0) is 11.5. The molecule has 1 fully saturated rings. The lowest BCUT2D eigenvalue weighted by Crippen LogP contribution is -2.28. The molecule has 16 heavy (non-hydrogen) atoms. The summed E-state index contributed by atoms with van der Waals surface area (Å²) in [5.74, 6) is -0.00139. The van der Waals surface area contributed by atoms with Crippen LogP contribution in [0, 0.1) is 0 Å². The van der Waals surface area contributed by atoms with Crippen molar-refractivity contribution in [1.82, 2.24) is 0 Å². The number of halogens is 1. The number of ether oxygens (including phenoxy) is 1. The second-order valence-corrected chi connectivity index (χ2v) is 4.77. The molecule has 3 nitrogen and oxygen atoms in total. The SMILES string of the molecule is Nc1c(Br)cccc1C(=O)C1CCCCO1. The standard InChI is InChI=1S/C12H14BrNO2/c13-9-5-3-4-8(11(9)14)12(15)10-6-1-2-7-16-10/h3-5,10H,1-2,6-7,14H2. The highest BCUT2D eigenvalue weighted by atomic mass is 79.9. The zero-order valence-electron chi connectivity index (χ0n) is 8.91. The van der Waals surface area contributed by atoms with E-state index in [0.717, 1.165) is 23.7 Å². The third-order valence-corrected chi connectivity index (χ3v) is 3.48. The molecule has 1 aromatic rings. The lowest BCUT2D eigenvalue weighted by Gasteiger charge is -2.22. The molecule has 0 spiro atoms. The molecule has 2 rings (SSSR count). The van der Waals surface area contributed by atoms with Crippen molar-refractivity contribution in [3.05, 3.63) is 28.2 Å². The molecule has 0 aromatic heterocycles. The molecule has 1 saturated heterocycles. The van der Waals surface area contributed by atoms with E-state index in [1.165, 1.54) is 0 Å². The van der Waals surface area contributed by atoms with Crippen molar-refractivity contribution in [3.8, 4) is 0 Å². The fourth-order valence-corrected chi connectivity index (χ4v) is 2.24. The van der Waals surface area contributed by atoms with E-state index in [1.54, 1.807) is 6.07 Å². The molecule has 1 atom stereocenters. The highest BCUT2D eigenvalue weighted by Crippen LogP contribution is 2.26. The molecule has 1 heterocycles. The summed E-state index contributed by atoms with van der Waals surface area (Å²) in [5.41, 5.74) is 6.93. The van der Waals surface area contributed by atoms with Gasteiger partial charge in [-0.2, -0.15) is 0 Å². The van der Waals surface area contributed by atoms with Gasteiger partial charge in [-0.15, -0.1) is 0 Å². The number of ketones is 1. The van der Waals surface area contributed by atoms with Gasteiger partial charge in [-0.3, -0.25) is 4.79 Å². The van der Waals surface area contributed by atoms with Crippen molar-refractivity contribution in [1.29, 1.82) is 0 Å². The van der Waals surface area contributed by atoms with E-state index in [-0.39, 0.29) is 11.9 Å². The van der Waals surface area contributed by atoms with Gasteiger partial charge in [-0.05, 0) is 47.3 Å². The number of hydrogen-bond donors (Lipinski definition) is 1. The number of nitrogen functional groups attached to an aromatic ring is 1. The van der Waals surface area contributed by atoms with Crippen LogP contribution < -0.4 is 5.73 Å². The fourth-order valence-electron chi connectivity index (χ4n) is 1.87. The number of nitrogens with two attached hydrogens (primary N) is 1. The number of hydrogen-bond acceptors (Lipinski definition) is 3. The van der Waals surface area contributed by atoms with Gasteiger partial charge in [0, 0.05) is 16.6 Å². The van der Waals surface area contributed by atoms with Crippen molar-refractivity contribution < 1.29 is 9.53 Å². The minimum atomic E-state index is -0.314. The number of anilines is 1. The van der Waals surface area contributed by atoms with Crippen molar-refractivity contribution in [2.24, 2.45) is 0 Å². The Morgan fingerprint density at radius 2 is 2.25 bits per heavy atom. The minimum absolute atomic E-state index is 0.00139. The van der Waals surface area contributed by atoms with Crippen LogP contribution in [0.2, 0.25) is 0 Å². The summed E-state index contributed by atoms with van der Waals surface area (Å²) in [6.45, 7) is 0.671. The number of Topliss-reactive ketones (excluding diaryl/α,β-unsaturated/α-hetero) is 1. The Morgan fingerprint density at radius 1 is 1.44 bits per heavy atom. The average Bonchev–Trinajstić information content (AvgIpc) is 2.33. The second-order valence-electron chi connectivity index (χ2n) is 3.92. The molecule has 0 saturated carbocycles. The quantitative estimate of drug-likeness (QED) is 0.671. The number of carbonyl (C=O) groups excluding carboxylic acids is 1. The van der Waals surface area contributed by atoms with Gasteiger partial charge in [0.05, 0.1) is 5.69 Å². The molecule has 1 aliphatic heterocycles. The lowest BCUT2D eigenvalue weighted by molar-refractivity contribution is 0.0187. The van der Waals surface area contributed by atoms with Gasteiger partial charge < -0.3 is 10.5 Å². The number of rotatable bonds is 2. The van der Waals surface area contributed by atoms with E-state index in [1.807, 2.05) is 12.1 Å². The van der Waals surface area contributed by atoms with Crippen LogP contribution in [-0.4, -0.2) is 18.5 Å². The van der Waals surface area contributed by atoms with Crippen LogP contribution in [0.5, 0.6) is 0 Å². The molecule has 0 bridgehead atoms. The van der Waals surface area contributed by atoms with Crippen LogP contribution in [0.3, 0.4) is 0 Å². The maximum atomic E-state index is 12.1. The van der Waals surface area contributed by atoms with Gasteiger partial charge in [0.25, 0.3) is 0 Å². The zero-order valence-corrected chi connectivity index (χ0v) is 10.5. The summed E-state index contributed by atoms with van der Waals surface area (Å²) in [4.78, 5) is 12.1. The van der Waals surface area contributed by atoms with Crippen LogP contribution in [-0.2, 0) is 4.74 Å². The van der Waals surface area contributed by atoms with E-state index in [0.29, 0.717) is 17.9 Å². The Morgan fingerprint density at radius 3 is 2.94 bits per heavy atom. The van der Waals surface area contributed by atoms with E-state index < -0.39 is 0 Å². The lowest BCUT2D eigenvalue weighted by atomic mass is 9.99. The monoisotopic (exact) mass is 283 g/mol. The van der Waals surface area contributed by atoms with Crippen molar-refractivity contribution >= 4 is 27.4 Å². The van der Waals surface area contributed by atoms with E-state index >= 15 is 0 Å². The van der Waals surface area contributed by atoms with E-state index in [2.05, 4.69) is 15.9 Å². The van der Waals surface area contributed by atoms with Gasteiger partial charge in [-0.25, -0.2) is 0 Å². The van der Waals surface area contributed by atoms with Gasteiger partial charge >= 0.3 is 0 Å². The van der Waals surface area contributed by atoms with E-state index in [4.69, 9.17) is 10.5 Å². The first kappa shape index (κ1) is 11.6. The van der Waals surface area contributed by atoms with Gasteiger partial charge in [0.1, 0.15) is 6.10 Å². The molecule has 4 heteroatoms. The van der Waals surface area contributed by atoms with Crippen molar-refractivity contribution in [3.63, 3.8) is 0 Å². The summed E-state index contributed by atoms with van der Waals surface area (Å²) in [6, 6.07) is 5.39. The number of carbonyl (C=O) groups is 1. The van der Waals surface area contributed by atoms with Crippen LogP contribution in [0.15, 0.2) is 22.7 Å². The maximum Gasteiger partial charge on any atom is 0.193 e. The number of para-hydroxylation sites is 1. The predicted molar refractivity (Wildman–Crippen MR) is 66.5 cm³/mol. The third kappa shape index (κ3) is 2.28. The minimum Gasteiger partial charge on any atom is -0.397 e. The van der Waals surface area contributed by atoms with Gasteiger partial charge in [0.15, 0.2) is 5.78 Å². The smallest absolute Gasteiger partial charge is 0.193 e. The Kier molecular flexibility index (Phi) is 3.61. The summed E-state index contributed by atoms with van der Waals surface area (Å²) in [5, 5.41) is 0. The molecule has 0 aliphatic carbocycles. The Labute approximate surface area is 103 Å². The van der Waals surface area contributed by atoms with Crippen LogP contribution in [0.4, 0.5) is 5.69 Å². The third-order valence-electron chi connectivity index (χ3n) is 2.79. The topological polar surface area (TPSA) is 52.3 Å². The van der Waals surface area contributed by atoms with Crippen LogP contribution in [0.25, 0.3) is 0 Å². The summed E-state index contributed by atoms with van der Waals surface area (Å²) in [6.07, 6.45) is 2.57. The Bertz CT molecular complexity index is 400. The van der Waals surface area contributed by atoms with Gasteiger partial charge in [-0.1, -0.05) is 6.07 Å². The van der Waals surface area contributed by atoms with Crippen molar-refractivity contribution in [2.45, 2.75) is 25.4 Å². The van der Waals surface area contributed by atoms with Crippen LogP contribution >= 0.6 is 15.9 Å². The van der Waals surface area contributed by atoms with Crippen LogP contribution in [0.1, 0.15) is 29.6 Å². The van der Waals surface area contributed by atoms with Crippen molar-refractivity contribution in [2.75, 3.05) is 12.3 Å². The van der Waals surface area contributed by atoms with E-state index in [9.17, 15) is 4.79 Å². The first-order valence-electron chi connectivity index (χ1n) is 5.40. The molecular formula is C12H14BrNO2. The molecule has 1 aliphatic rings. The predicted octanol–water partition coefficient (Wildman–Crippen LogP) is 2.78.